The van der Waals surface area contributed by atoms with Crippen LogP contribution in [0.25, 0.3) is 0 Å². The van der Waals surface area contributed by atoms with Crippen molar-refractivity contribution in [3.8, 4) is 0 Å². The Balaban J connectivity index is 0.00000128. The Morgan fingerprint density at radius 3 is 2.75 bits per heavy atom. The van der Waals surface area contributed by atoms with Crippen LogP contribution in [0.1, 0.15) is 18.4 Å². The molecule has 1 aliphatic heterocycles. The van der Waals surface area contributed by atoms with Crippen molar-refractivity contribution in [3.63, 3.8) is 0 Å². The third-order valence-electron chi connectivity index (χ3n) is 3.07. The summed E-state index contributed by atoms with van der Waals surface area (Å²) in [5.74, 6) is 0.210. The van der Waals surface area contributed by atoms with Crippen molar-refractivity contribution in [2.45, 2.75) is 18.9 Å². The Morgan fingerprint density at radius 1 is 1.62 bits per heavy atom. The van der Waals surface area contributed by atoms with Crippen molar-refractivity contribution < 1.29 is 4.79 Å². The van der Waals surface area contributed by atoms with Crippen LogP contribution in [0.2, 0.25) is 0 Å². The molecule has 16 heavy (non-hydrogen) atoms. The molecule has 1 saturated heterocycles. The fourth-order valence-electron chi connectivity index (χ4n) is 1.70. The molecule has 1 aromatic heterocycles. The minimum absolute atomic E-state index is 0. The van der Waals surface area contributed by atoms with Gasteiger partial charge in [0.25, 0.3) is 0 Å². The number of rotatable bonds is 3. The highest BCUT2D eigenvalue weighted by atomic mass is 35.5. The van der Waals surface area contributed by atoms with Crippen molar-refractivity contribution in [3.05, 3.63) is 22.4 Å². The lowest BCUT2D eigenvalue weighted by molar-refractivity contribution is -0.134. The monoisotopic (exact) mass is 260 g/mol. The summed E-state index contributed by atoms with van der Waals surface area (Å²) in [6.07, 6.45) is 0. The molecule has 1 atom stereocenters. The fraction of sp³-hybridized carbons (Fsp3) is 0.545. The van der Waals surface area contributed by atoms with Crippen LogP contribution in [0.15, 0.2) is 16.8 Å². The lowest BCUT2D eigenvalue weighted by atomic mass is 10.0. The molecular formula is C11H17ClN2OS. The molecule has 90 valence electrons. The highest BCUT2D eigenvalue weighted by Crippen LogP contribution is 2.21. The molecule has 0 bridgehead atoms. The number of thiophene rings is 1. The summed E-state index contributed by atoms with van der Waals surface area (Å²) in [5.41, 5.74) is 1.13. The van der Waals surface area contributed by atoms with E-state index in [2.05, 4.69) is 10.7 Å². The maximum absolute atomic E-state index is 12.1. The summed E-state index contributed by atoms with van der Waals surface area (Å²) in [7, 11) is 1.90. The van der Waals surface area contributed by atoms with E-state index in [0.29, 0.717) is 6.04 Å². The van der Waals surface area contributed by atoms with Gasteiger partial charge in [-0.3, -0.25) is 4.79 Å². The van der Waals surface area contributed by atoms with Gasteiger partial charge < -0.3 is 10.2 Å². The molecule has 3 nitrogen and oxygen atoms in total. The van der Waals surface area contributed by atoms with E-state index in [1.807, 2.05) is 30.3 Å². The maximum Gasteiger partial charge on any atom is 0.229 e. The predicted molar refractivity (Wildman–Crippen MR) is 69.4 cm³/mol. The molecule has 1 unspecified atom stereocenters. The Kier molecular flexibility index (Phi) is 4.77. The first kappa shape index (κ1) is 13.5. The summed E-state index contributed by atoms with van der Waals surface area (Å²) in [4.78, 5) is 14.0. The number of hydrogen-bond acceptors (Lipinski definition) is 3. The zero-order chi connectivity index (χ0) is 10.8. The number of carbonyl (C=O) groups is 1. The van der Waals surface area contributed by atoms with Crippen LogP contribution in [0.3, 0.4) is 0 Å². The summed E-state index contributed by atoms with van der Waals surface area (Å²) in [6.45, 7) is 3.84. The first-order valence-corrected chi connectivity index (χ1v) is 6.14. The largest absolute Gasteiger partial charge is 0.340 e. The van der Waals surface area contributed by atoms with E-state index in [1.54, 1.807) is 11.3 Å². The van der Waals surface area contributed by atoms with Gasteiger partial charge in [0, 0.05) is 20.1 Å². The van der Waals surface area contributed by atoms with Gasteiger partial charge in [0.1, 0.15) is 0 Å². The van der Waals surface area contributed by atoms with E-state index in [1.165, 1.54) is 0 Å². The Labute approximate surface area is 106 Å². The fourth-order valence-corrected chi connectivity index (χ4v) is 2.45. The first-order chi connectivity index (χ1) is 7.20. The standard InChI is InChI=1S/C11H16N2OS.ClH/c1-8(9-3-4-15-7-9)11(14)13(2)10-5-12-6-10;/h3-4,7-8,10,12H,5-6H2,1-2H3;1H. The Bertz CT molecular complexity index is 338. The molecule has 2 rings (SSSR count). The van der Waals surface area contributed by atoms with Gasteiger partial charge in [-0.05, 0) is 29.3 Å². The molecule has 0 aliphatic carbocycles. The maximum atomic E-state index is 12.1. The quantitative estimate of drug-likeness (QED) is 0.897. The van der Waals surface area contributed by atoms with Crippen LogP contribution < -0.4 is 5.32 Å². The smallest absolute Gasteiger partial charge is 0.229 e. The van der Waals surface area contributed by atoms with Gasteiger partial charge in [-0.2, -0.15) is 11.3 Å². The second-order valence-electron chi connectivity index (χ2n) is 4.04. The number of amides is 1. The molecule has 0 saturated carbocycles. The SMILES string of the molecule is CC(C(=O)N(C)C1CNC1)c1ccsc1.Cl. The van der Waals surface area contributed by atoms with Crippen LogP contribution in [0.4, 0.5) is 0 Å². The van der Waals surface area contributed by atoms with Gasteiger partial charge in [-0.1, -0.05) is 0 Å². The van der Waals surface area contributed by atoms with Crippen molar-refractivity contribution >= 4 is 29.7 Å². The first-order valence-electron chi connectivity index (χ1n) is 5.19. The van der Waals surface area contributed by atoms with E-state index >= 15 is 0 Å². The number of halogens is 1. The minimum atomic E-state index is -0.0122. The summed E-state index contributed by atoms with van der Waals surface area (Å²) in [5, 5.41) is 7.25. The molecule has 1 aliphatic rings. The predicted octanol–water partition coefficient (Wildman–Crippen LogP) is 1.70. The van der Waals surface area contributed by atoms with Crippen LogP contribution in [0.5, 0.6) is 0 Å². The van der Waals surface area contributed by atoms with E-state index in [4.69, 9.17) is 0 Å². The zero-order valence-corrected chi connectivity index (χ0v) is 11.1. The number of likely N-dealkylation sites (N-methyl/N-ethyl adjacent to an activating group) is 1. The van der Waals surface area contributed by atoms with Crippen molar-refractivity contribution in [2.24, 2.45) is 0 Å². The van der Waals surface area contributed by atoms with Gasteiger partial charge in [0.2, 0.25) is 5.91 Å². The lowest BCUT2D eigenvalue weighted by Gasteiger charge is -2.36. The third-order valence-corrected chi connectivity index (χ3v) is 3.77. The Hall–Kier alpha value is -0.580. The van der Waals surface area contributed by atoms with Gasteiger partial charge in [0.15, 0.2) is 0 Å². The molecule has 1 N–H and O–H groups in total. The summed E-state index contributed by atoms with van der Waals surface area (Å²) in [6, 6.07) is 2.42. The molecule has 0 radical (unpaired) electrons. The van der Waals surface area contributed by atoms with Crippen molar-refractivity contribution in [2.75, 3.05) is 20.1 Å². The minimum Gasteiger partial charge on any atom is -0.340 e. The molecule has 2 heterocycles. The number of nitrogens with one attached hydrogen (secondary N) is 1. The van der Waals surface area contributed by atoms with Crippen LogP contribution in [-0.4, -0.2) is 37.0 Å². The van der Waals surface area contributed by atoms with E-state index in [0.717, 1.165) is 18.7 Å². The molecular weight excluding hydrogens is 244 g/mol. The highest BCUT2D eigenvalue weighted by Gasteiger charge is 2.28. The van der Waals surface area contributed by atoms with E-state index < -0.39 is 0 Å². The number of hydrogen-bond donors (Lipinski definition) is 1. The van der Waals surface area contributed by atoms with E-state index in [-0.39, 0.29) is 24.2 Å². The summed E-state index contributed by atoms with van der Waals surface area (Å²) >= 11 is 1.64. The molecule has 1 fully saturated rings. The van der Waals surface area contributed by atoms with Crippen LogP contribution in [0, 0.1) is 0 Å². The molecule has 5 heteroatoms. The topological polar surface area (TPSA) is 32.3 Å². The normalized spacial score (nSPS) is 17.1. The van der Waals surface area contributed by atoms with Gasteiger partial charge in [-0.25, -0.2) is 0 Å². The third kappa shape index (κ3) is 2.56. The highest BCUT2D eigenvalue weighted by molar-refractivity contribution is 7.08. The summed E-state index contributed by atoms with van der Waals surface area (Å²) < 4.78 is 0. The van der Waals surface area contributed by atoms with Gasteiger partial charge in [-0.15, -0.1) is 12.4 Å². The Morgan fingerprint density at radius 2 is 2.31 bits per heavy atom. The molecule has 1 aromatic rings. The van der Waals surface area contributed by atoms with Crippen LogP contribution >= 0.6 is 23.7 Å². The second kappa shape index (κ2) is 5.66. The molecule has 0 aromatic carbocycles. The van der Waals surface area contributed by atoms with Crippen molar-refractivity contribution in [1.29, 1.82) is 0 Å². The van der Waals surface area contributed by atoms with Crippen molar-refractivity contribution in [1.82, 2.24) is 10.2 Å². The molecule has 0 spiro atoms. The zero-order valence-electron chi connectivity index (χ0n) is 9.47. The lowest BCUT2D eigenvalue weighted by Crippen LogP contribution is -2.58. The average Bonchev–Trinajstić information content (AvgIpc) is 2.65. The number of carbonyl (C=O) groups excluding carboxylic acids is 1. The van der Waals surface area contributed by atoms with E-state index in [9.17, 15) is 4.79 Å². The van der Waals surface area contributed by atoms with Crippen LogP contribution in [-0.2, 0) is 4.79 Å². The second-order valence-corrected chi connectivity index (χ2v) is 4.82. The number of nitrogens with zero attached hydrogens (tertiary/aromatic N) is 1. The van der Waals surface area contributed by atoms with Gasteiger partial charge >= 0.3 is 0 Å². The molecule has 1 amide bonds. The average molecular weight is 261 g/mol. The van der Waals surface area contributed by atoms with Gasteiger partial charge in [0.05, 0.1) is 12.0 Å².